The average molecular weight is 484 g/mol. The molecule has 0 spiro atoms. The third-order valence-corrected chi connectivity index (χ3v) is 5.74. The van der Waals surface area contributed by atoms with Gasteiger partial charge in [0.25, 0.3) is 11.5 Å². The quantitative estimate of drug-likeness (QED) is 0.234. The van der Waals surface area contributed by atoms with Crippen LogP contribution in [0, 0.1) is 5.82 Å². The highest BCUT2D eigenvalue weighted by Crippen LogP contribution is 2.28. The molecule has 5 aromatic rings. The number of anilines is 2. The first kappa shape index (κ1) is 23.0. The van der Waals surface area contributed by atoms with Crippen molar-refractivity contribution in [3.05, 3.63) is 112 Å². The summed E-state index contributed by atoms with van der Waals surface area (Å²) < 4.78 is 13.2. The predicted octanol–water partition coefficient (Wildman–Crippen LogP) is 4.46. The van der Waals surface area contributed by atoms with E-state index < -0.39 is 17.8 Å². The lowest BCUT2D eigenvalue weighted by atomic mass is 10.1. The molecule has 0 radical (unpaired) electrons. The van der Waals surface area contributed by atoms with Crippen LogP contribution in [-0.2, 0) is 0 Å². The second-order valence-electron chi connectivity index (χ2n) is 8.15. The number of benzene rings is 3. The highest BCUT2D eigenvalue weighted by Gasteiger charge is 2.18. The molecule has 2 aromatic heterocycles. The maximum atomic E-state index is 13.2. The molecule has 9 heteroatoms. The molecule has 5 N–H and O–H groups in total. The number of pyridine rings is 1. The molecule has 0 unspecified atom stereocenters. The van der Waals surface area contributed by atoms with E-state index in [2.05, 4.69) is 25.6 Å². The normalized spacial score (nSPS) is 11.8. The molecular weight excluding hydrogens is 461 g/mol. The van der Waals surface area contributed by atoms with Gasteiger partial charge in [-0.25, -0.2) is 9.37 Å². The molecule has 180 valence electrons. The zero-order valence-electron chi connectivity index (χ0n) is 19.0. The number of nitrogens with zero attached hydrogens (tertiary/aromatic N) is 1. The maximum absolute atomic E-state index is 13.2. The van der Waals surface area contributed by atoms with Crippen LogP contribution in [-0.4, -0.2) is 32.5 Å². The lowest BCUT2D eigenvalue weighted by Crippen LogP contribution is -2.17. The van der Waals surface area contributed by atoms with Crippen LogP contribution in [0.3, 0.4) is 0 Å². The van der Waals surface area contributed by atoms with Crippen LogP contribution in [0.25, 0.3) is 22.4 Å². The number of carbonyl (C=O) groups excluding carboxylic acids is 1. The number of aromatic nitrogens is 3. The number of hydrogen-bond donors (Lipinski definition) is 5. The minimum atomic E-state index is -0.776. The Morgan fingerprint density at radius 3 is 2.53 bits per heavy atom. The van der Waals surface area contributed by atoms with E-state index in [9.17, 15) is 19.1 Å². The zero-order chi connectivity index (χ0) is 25.1. The molecule has 3 aromatic carbocycles. The van der Waals surface area contributed by atoms with Crippen LogP contribution in [0.1, 0.15) is 22.0 Å². The van der Waals surface area contributed by atoms with Crippen molar-refractivity contribution in [2.75, 3.05) is 17.2 Å². The van der Waals surface area contributed by atoms with Crippen LogP contribution in [0.4, 0.5) is 15.8 Å². The van der Waals surface area contributed by atoms with Crippen molar-refractivity contribution in [3.63, 3.8) is 0 Å². The van der Waals surface area contributed by atoms with E-state index in [-0.39, 0.29) is 17.7 Å². The summed E-state index contributed by atoms with van der Waals surface area (Å²) in [4.78, 5) is 35.8. The topological polar surface area (TPSA) is 123 Å². The summed E-state index contributed by atoms with van der Waals surface area (Å²) in [6.45, 7) is 0.180. The molecule has 0 aliphatic rings. The highest BCUT2D eigenvalue weighted by molar-refractivity contribution is 6.08. The number of nitrogens with one attached hydrogen (secondary N) is 4. The Bertz CT molecular complexity index is 1580. The molecular formula is C27H22FN5O3. The molecule has 0 aliphatic heterocycles. The van der Waals surface area contributed by atoms with E-state index >= 15 is 0 Å². The Kier molecular flexibility index (Phi) is 6.29. The summed E-state index contributed by atoms with van der Waals surface area (Å²) in [6, 6.07) is 21.3. The van der Waals surface area contributed by atoms with E-state index in [1.807, 2.05) is 30.3 Å². The molecule has 5 rings (SSSR count). The molecule has 0 saturated heterocycles. The van der Waals surface area contributed by atoms with Crippen molar-refractivity contribution in [2.24, 2.45) is 0 Å². The minimum absolute atomic E-state index is 0.180. The second kappa shape index (κ2) is 9.85. The number of halogens is 1. The van der Waals surface area contributed by atoms with Crippen LogP contribution < -0.4 is 16.2 Å². The van der Waals surface area contributed by atoms with E-state index in [1.54, 1.807) is 24.3 Å². The van der Waals surface area contributed by atoms with Gasteiger partial charge < -0.3 is 25.7 Å². The molecule has 0 aliphatic carbocycles. The number of H-pyrrole nitrogens is 2. The van der Waals surface area contributed by atoms with Gasteiger partial charge in [-0.1, -0.05) is 36.4 Å². The van der Waals surface area contributed by atoms with Gasteiger partial charge in [0.2, 0.25) is 0 Å². The van der Waals surface area contributed by atoms with Crippen LogP contribution in [0.2, 0.25) is 0 Å². The summed E-state index contributed by atoms with van der Waals surface area (Å²) in [7, 11) is 0. The Labute approximate surface area is 204 Å². The maximum Gasteiger partial charge on any atom is 0.261 e. The lowest BCUT2D eigenvalue weighted by Gasteiger charge is -2.14. The molecule has 1 amide bonds. The fourth-order valence-electron chi connectivity index (χ4n) is 3.91. The third kappa shape index (κ3) is 4.73. The largest absolute Gasteiger partial charge is 0.387 e. The van der Waals surface area contributed by atoms with Crippen molar-refractivity contribution in [3.8, 4) is 11.4 Å². The Balaban J connectivity index is 1.44. The van der Waals surface area contributed by atoms with Gasteiger partial charge in [0.15, 0.2) is 0 Å². The van der Waals surface area contributed by atoms with Gasteiger partial charge in [-0.15, -0.1) is 0 Å². The van der Waals surface area contributed by atoms with Crippen molar-refractivity contribution in [1.82, 2.24) is 15.0 Å². The number of aromatic amines is 2. The number of aliphatic hydroxyl groups is 1. The first-order valence-corrected chi connectivity index (χ1v) is 11.2. The van der Waals surface area contributed by atoms with E-state index in [1.165, 1.54) is 30.5 Å². The summed E-state index contributed by atoms with van der Waals surface area (Å²) in [5.74, 6) is -0.548. The number of hydrogen-bond acceptors (Lipinski definition) is 5. The van der Waals surface area contributed by atoms with Gasteiger partial charge in [0.1, 0.15) is 22.7 Å². The monoisotopic (exact) mass is 483 g/mol. The Morgan fingerprint density at radius 2 is 1.75 bits per heavy atom. The molecule has 0 bridgehead atoms. The fourth-order valence-corrected chi connectivity index (χ4v) is 3.91. The van der Waals surface area contributed by atoms with Crippen LogP contribution in [0.15, 0.2) is 89.9 Å². The molecule has 36 heavy (non-hydrogen) atoms. The molecule has 2 heterocycles. The highest BCUT2D eigenvalue weighted by atomic mass is 19.1. The third-order valence-electron chi connectivity index (χ3n) is 5.74. The Hall–Kier alpha value is -4.76. The summed E-state index contributed by atoms with van der Waals surface area (Å²) in [5, 5.41) is 16.5. The second-order valence-corrected chi connectivity index (χ2v) is 8.15. The summed E-state index contributed by atoms with van der Waals surface area (Å²) in [5.41, 5.74) is 2.95. The molecule has 1 atom stereocenters. The van der Waals surface area contributed by atoms with Gasteiger partial charge in [0.05, 0.1) is 23.0 Å². The number of aliphatic hydroxyl groups excluding tert-OH is 1. The van der Waals surface area contributed by atoms with Crippen LogP contribution >= 0.6 is 0 Å². The number of rotatable bonds is 7. The summed E-state index contributed by atoms with van der Waals surface area (Å²) >= 11 is 0. The molecule has 0 saturated carbocycles. The van der Waals surface area contributed by atoms with Crippen molar-refractivity contribution < 1.29 is 14.3 Å². The lowest BCUT2D eigenvalue weighted by molar-refractivity contribution is 0.102. The van der Waals surface area contributed by atoms with Crippen molar-refractivity contribution in [2.45, 2.75) is 6.10 Å². The first-order chi connectivity index (χ1) is 17.5. The number of carbonyl (C=O) groups is 1. The Morgan fingerprint density at radius 1 is 0.972 bits per heavy atom. The predicted molar refractivity (Wildman–Crippen MR) is 136 cm³/mol. The number of para-hydroxylation sites is 1. The van der Waals surface area contributed by atoms with Gasteiger partial charge >= 0.3 is 0 Å². The van der Waals surface area contributed by atoms with E-state index in [0.29, 0.717) is 33.8 Å². The van der Waals surface area contributed by atoms with Crippen molar-refractivity contribution >= 4 is 28.3 Å². The van der Waals surface area contributed by atoms with Gasteiger partial charge in [-0.05, 0) is 48.0 Å². The number of amides is 1. The standard InChI is InChI=1S/C27H22FN5O3/c28-18-11-9-17(10-12-18)26(35)32-21-8-4-7-20-24(21)33-25(31-20)23-19(13-14-29-27(23)36)30-15-22(34)16-5-2-1-3-6-16/h1-14,22,34H,15H2,(H,31,33)(H,32,35)(H2,29,30,36)/t22-/m1/s1. The van der Waals surface area contributed by atoms with Gasteiger partial charge in [0, 0.05) is 18.3 Å². The summed E-state index contributed by atoms with van der Waals surface area (Å²) in [6.07, 6.45) is 0.738. The minimum Gasteiger partial charge on any atom is -0.387 e. The number of fused-ring (bicyclic) bond motifs is 1. The first-order valence-electron chi connectivity index (χ1n) is 11.2. The molecule has 0 fully saturated rings. The zero-order valence-corrected chi connectivity index (χ0v) is 19.0. The van der Waals surface area contributed by atoms with E-state index in [0.717, 1.165) is 5.56 Å². The SMILES string of the molecule is O=C(Nc1cccc2[nH]c(-c3c(NC[C@@H](O)c4ccccc4)cc[nH]c3=O)nc12)c1ccc(F)cc1. The smallest absolute Gasteiger partial charge is 0.261 e. The van der Waals surface area contributed by atoms with Gasteiger partial charge in [-0.2, -0.15) is 0 Å². The fraction of sp³-hybridized carbons (Fsp3) is 0.0741. The van der Waals surface area contributed by atoms with Crippen molar-refractivity contribution in [1.29, 1.82) is 0 Å². The van der Waals surface area contributed by atoms with E-state index in [4.69, 9.17) is 0 Å². The average Bonchev–Trinajstić information content (AvgIpc) is 3.33. The number of imidazole rings is 1. The van der Waals surface area contributed by atoms with Crippen LogP contribution in [0.5, 0.6) is 0 Å². The van der Waals surface area contributed by atoms with Gasteiger partial charge in [-0.3, -0.25) is 9.59 Å². The molecule has 8 nitrogen and oxygen atoms in total.